The van der Waals surface area contributed by atoms with Crippen LogP contribution in [0.15, 0.2) is 18.2 Å². The number of hydrogen-bond donors (Lipinski definition) is 1. The maximum absolute atomic E-state index is 11.1. The van der Waals surface area contributed by atoms with Gasteiger partial charge in [-0.1, -0.05) is 17.7 Å². The van der Waals surface area contributed by atoms with E-state index in [0.29, 0.717) is 16.5 Å². The highest BCUT2D eigenvalue weighted by atomic mass is 35.5. The molecule has 2 rings (SSSR count). The number of aryl methyl sites for hydroxylation is 1. The number of fused-ring (bicyclic) bond motifs is 1. The van der Waals surface area contributed by atoms with E-state index in [4.69, 9.17) is 23.2 Å². The molecule has 0 atom stereocenters. The molecule has 1 aromatic carbocycles. The highest BCUT2D eigenvalue weighted by Gasteiger charge is 2.12. The van der Waals surface area contributed by atoms with Crippen molar-refractivity contribution in [1.29, 1.82) is 0 Å². The molecule has 0 aliphatic heterocycles. The van der Waals surface area contributed by atoms with E-state index in [1.807, 2.05) is 12.1 Å². The van der Waals surface area contributed by atoms with E-state index in [0.717, 1.165) is 35.7 Å². The van der Waals surface area contributed by atoms with E-state index in [1.54, 1.807) is 6.07 Å². The molecule has 1 N–H and O–H groups in total. The molecule has 0 saturated heterocycles. The molecule has 0 aliphatic rings. The number of carbonyl (C=O) groups excluding carboxylic acids is 1. The zero-order chi connectivity index (χ0) is 11.5. The van der Waals surface area contributed by atoms with Gasteiger partial charge in [-0.15, -0.1) is 11.6 Å². The highest BCUT2D eigenvalue weighted by molar-refractivity contribution is 6.36. The Balaban J connectivity index is 2.58. The van der Waals surface area contributed by atoms with Crippen molar-refractivity contribution in [2.75, 3.05) is 5.88 Å². The molecule has 0 bridgehead atoms. The number of benzene rings is 1. The standard InChI is InChI=1S/C12H11Cl2NO/c13-6-2-5-10-8(7-16)12-9(14)3-1-4-11(12)15-10/h1,3-4,7,15H,2,5-6H2. The van der Waals surface area contributed by atoms with Gasteiger partial charge in [-0.3, -0.25) is 4.79 Å². The average Bonchev–Trinajstić information content (AvgIpc) is 2.65. The van der Waals surface area contributed by atoms with Crippen LogP contribution >= 0.6 is 23.2 Å². The molecule has 2 aromatic rings. The summed E-state index contributed by atoms with van der Waals surface area (Å²) in [6.07, 6.45) is 2.46. The lowest BCUT2D eigenvalue weighted by Gasteiger charge is -1.96. The van der Waals surface area contributed by atoms with Gasteiger partial charge in [-0.05, 0) is 25.0 Å². The summed E-state index contributed by atoms with van der Waals surface area (Å²) < 4.78 is 0. The lowest BCUT2D eigenvalue weighted by atomic mass is 10.1. The first-order chi connectivity index (χ1) is 7.77. The second-order valence-corrected chi connectivity index (χ2v) is 4.38. The fourth-order valence-electron chi connectivity index (χ4n) is 1.85. The fourth-order valence-corrected chi connectivity index (χ4v) is 2.26. The van der Waals surface area contributed by atoms with Crippen molar-refractivity contribution >= 4 is 40.4 Å². The molecule has 1 heterocycles. The summed E-state index contributed by atoms with van der Waals surface area (Å²) in [7, 11) is 0. The number of H-pyrrole nitrogens is 1. The van der Waals surface area contributed by atoms with Crippen molar-refractivity contribution in [3.8, 4) is 0 Å². The van der Waals surface area contributed by atoms with Crippen LogP contribution in [0.2, 0.25) is 5.02 Å². The van der Waals surface area contributed by atoms with Crippen LogP contribution in [0.3, 0.4) is 0 Å². The van der Waals surface area contributed by atoms with Crippen LogP contribution in [0.1, 0.15) is 22.5 Å². The monoisotopic (exact) mass is 255 g/mol. The molecule has 0 unspecified atom stereocenters. The molecule has 0 fully saturated rings. The van der Waals surface area contributed by atoms with Gasteiger partial charge < -0.3 is 4.98 Å². The number of aromatic nitrogens is 1. The molecule has 16 heavy (non-hydrogen) atoms. The Morgan fingerprint density at radius 3 is 2.88 bits per heavy atom. The molecule has 1 aromatic heterocycles. The van der Waals surface area contributed by atoms with Crippen molar-refractivity contribution in [2.24, 2.45) is 0 Å². The van der Waals surface area contributed by atoms with Gasteiger partial charge >= 0.3 is 0 Å². The number of aromatic amines is 1. The Hall–Kier alpha value is -0.990. The van der Waals surface area contributed by atoms with Crippen molar-refractivity contribution in [1.82, 2.24) is 4.98 Å². The van der Waals surface area contributed by atoms with Gasteiger partial charge in [-0.25, -0.2) is 0 Å². The van der Waals surface area contributed by atoms with Crippen LogP contribution < -0.4 is 0 Å². The van der Waals surface area contributed by atoms with E-state index in [2.05, 4.69) is 4.98 Å². The Morgan fingerprint density at radius 2 is 2.19 bits per heavy atom. The number of hydrogen-bond acceptors (Lipinski definition) is 1. The minimum Gasteiger partial charge on any atom is -0.358 e. The third kappa shape index (κ3) is 1.95. The van der Waals surface area contributed by atoms with Crippen molar-refractivity contribution in [3.63, 3.8) is 0 Å². The first-order valence-electron chi connectivity index (χ1n) is 5.08. The third-order valence-electron chi connectivity index (χ3n) is 2.57. The van der Waals surface area contributed by atoms with Gasteiger partial charge in [0.15, 0.2) is 6.29 Å². The van der Waals surface area contributed by atoms with Gasteiger partial charge in [0.2, 0.25) is 0 Å². The number of alkyl halides is 1. The first kappa shape index (κ1) is 11.5. The van der Waals surface area contributed by atoms with E-state index in [1.165, 1.54) is 0 Å². The van der Waals surface area contributed by atoms with E-state index in [-0.39, 0.29) is 0 Å². The summed E-state index contributed by atoms with van der Waals surface area (Å²) in [4.78, 5) is 14.3. The second kappa shape index (κ2) is 4.89. The maximum Gasteiger partial charge on any atom is 0.152 e. The smallest absolute Gasteiger partial charge is 0.152 e. The molecular formula is C12H11Cl2NO. The lowest BCUT2D eigenvalue weighted by molar-refractivity contribution is 0.112. The Morgan fingerprint density at radius 1 is 1.38 bits per heavy atom. The summed E-state index contributed by atoms with van der Waals surface area (Å²) in [5, 5.41) is 1.41. The van der Waals surface area contributed by atoms with Crippen LogP contribution in [0.4, 0.5) is 0 Å². The van der Waals surface area contributed by atoms with Crippen LogP contribution in [0.5, 0.6) is 0 Å². The molecule has 2 nitrogen and oxygen atoms in total. The molecule has 0 aliphatic carbocycles. The molecule has 4 heteroatoms. The highest BCUT2D eigenvalue weighted by Crippen LogP contribution is 2.28. The number of rotatable bonds is 4. The summed E-state index contributed by atoms with van der Waals surface area (Å²) in [6.45, 7) is 0. The quantitative estimate of drug-likeness (QED) is 0.654. The van der Waals surface area contributed by atoms with Crippen molar-refractivity contribution in [3.05, 3.63) is 34.5 Å². The molecule has 0 saturated carbocycles. The third-order valence-corrected chi connectivity index (χ3v) is 3.15. The van der Waals surface area contributed by atoms with Gasteiger partial charge in [-0.2, -0.15) is 0 Å². The topological polar surface area (TPSA) is 32.9 Å². The predicted molar refractivity (Wildman–Crippen MR) is 67.7 cm³/mol. The summed E-state index contributed by atoms with van der Waals surface area (Å²) in [6, 6.07) is 5.57. The van der Waals surface area contributed by atoms with Gasteiger partial charge in [0, 0.05) is 28.0 Å². The Kier molecular flexibility index (Phi) is 3.52. The number of halogens is 2. The van der Waals surface area contributed by atoms with Crippen molar-refractivity contribution in [2.45, 2.75) is 12.8 Å². The number of carbonyl (C=O) groups is 1. The largest absolute Gasteiger partial charge is 0.358 e. The van der Waals surface area contributed by atoms with Crippen molar-refractivity contribution < 1.29 is 4.79 Å². The first-order valence-corrected chi connectivity index (χ1v) is 5.99. The molecule has 0 amide bonds. The van der Waals surface area contributed by atoms with Gasteiger partial charge in [0.05, 0.1) is 5.02 Å². The minimum atomic E-state index is 0.585. The van der Waals surface area contributed by atoms with Crippen LogP contribution in [0.25, 0.3) is 10.9 Å². The van der Waals surface area contributed by atoms with E-state index >= 15 is 0 Å². The summed E-state index contributed by atoms with van der Waals surface area (Å²) >= 11 is 11.7. The number of nitrogens with one attached hydrogen (secondary N) is 1. The summed E-state index contributed by atoms with van der Waals surface area (Å²) in [5.41, 5.74) is 2.48. The molecular weight excluding hydrogens is 245 g/mol. The predicted octanol–water partition coefficient (Wildman–Crippen LogP) is 3.81. The van der Waals surface area contributed by atoms with E-state index < -0.39 is 0 Å². The SMILES string of the molecule is O=Cc1c(CCCCl)[nH]c2cccc(Cl)c12. The maximum atomic E-state index is 11.1. The lowest BCUT2D eigenvalue weighted by Crippen LogP contribution is -1.91. The Bertz CT molecular complexity index is 519. The number of aldehydes is 1. The van der Waals surface area contributed by atoms with Crippen LogP contribution in [-0.4, -0.2) is 17.2 Å². The van der Waals surface area contributed by atoms with Crippen LogP contribution in [0, 0.1) is 0 Å². The zero-order valence-corrected chi connectivity index (χ0v) is 10.1. The molecule has 84 valence electrons. The zero-order valence-electron chi connectivity index (χ0n) is 8.59. The van der Waals surface area contributed by atoms with Gasteiger partial charge in [0.25, 0.3) is 0 Å². The van der Waals surface area contributed by atoms with E-state index in [9.17, 15) is 4.79 Å². The normalized spacial score (nSPS) is 10.9. The van der Waals surface area contributed by atoms with Gasteiger partial charge in [0.1, 0.15) is 0 Å². The van der Waals surface area contributed by atoms with Crippen LogP contribution in [-0.2, 0) is 6.42 Å². The average molecular weight is 256 g/mol. The summed E-state index contributed by atoms with van der Waals surface area (Å²) in [5.74, 6) is 0.585. The second-order valence-electron chi connectivity index (χ2n) is 3.59. The minimum absolute atomic E-state index is 0.585. The fraction of sp³-hybridized carbons (Fsp3) is 0.250. The molecule has 0 radical (unpaired) electrons. The Labute approximate surface area is 104 Å². The molecule has 0 spiro atoms.